The highest BCUT2D eigenvalue weighted by atomic mass is 19.1. The van der Waals surface area contributed by atoms with Gasteiger partial charge in [-0.3, -0.25) is 4.79 Å². The standard InChI is InChI=1S/C31H25F2NO4/c32-23-11-7-20(8-12-23)31(21-9-13-24(33)14-10-21)34-25-15-16-27-22(18-25)19-29(38-27)26-4-1-2-5-28(26)37-17-3-6-30(35)36/h1-2,4-5,7-16,18-19,31,34H,3,6,17H2,(H,35,36). The number of aliphatic carboxylic acids is 1. The molecule has 38 heavy (non-hydrogen) atoms. The van der Waals surface area contributed by atoms with E-state index in [-0.39, 0.29) is 30.7 Å². The molecule has 7 heteroatoms. The first kappa shape index (κ1) is 25.0. The minimum Gasteiger partial charge on any atom is -0.493 e. The molecule has 4 aromatic carbocycles. The lowest BCUT2D eigenvalue weighted by atomic mass is 9.98. The largest absolute Gasteiger partial charge is 0.493 e. The number of anilines is 1. The third-order valence-corrected chi connectivity index (χ3v) is 6.18. The Hall–Kier alpha value is -4.65. The SMILES string of the molecule is O=C(O)CCCOc1ccccc1-c1cc2cc(NC(c3ccc(F)cc3)c3ccc(F)cc3)ccc2o1. The number of halogens is 2. The number of carboxylic acid groups (broad SMARTS) is 1. The van der Waals surface area contributed by atoms with Crippen molar-refractivity contribution < 1.29 is 27.8 Å². The van der Waals surface area contributed by atoms with Gasteiger partial charge >= 0.3 is 5.97 Å². The van der Waals surface area contributed by atoms with E-state index >= 15 is 0 Å². The van der Waals surface area contributed by atoms with Gasteiger partial charge in [0.1, 0.15) is 28.7 Å². The highest BCUT2D eigenvalue weighted by molar-refractivity contribution is 5.86. The van der Waals surface area contributed by atoms with E-state index in [0.717, 1.165) is 27.8 Å². The van der Waals surface area contributed by atoms with Crippen molar-refractivity contribution in [2.24, 2.45) is 0 Å². The molecule has 0 aliphatic rings. The van der Waals surface area contributed by atoms with Crippen molar-refractivity contribution in [1.29, 1.82) is 0 Å². The van der Waals surface area contributed by atoms with Crippen LogP contribution in [0.4, 0.5) is 14.5 Å². The van der Waals surface area contributed by atoms with Crippen molar-refractivity contribution in [3.63, 3.8) is 0 Å². The van der Waals surface area contributed by atoms with Crippen LogP contribution in [0.3, 0.4) is 0 Å². The Morgan fingerprint density at radius 1 is 0.868 bits per heavy atom. The molecule has 1 heterocycles. The third-order valence-electron chi connectivity index (χ3n) is 6.18. The van der Waals surface area contributed by atoms with Gasteiger partial charge in [-0.05, 0) is 78.2 Å². The molecule has 0 radical (unpaired) electrons. The number of carboxylic acids is 1. The maximum atomic E-state index is 13.6. The van der Waals surface area contributed by atoms with Crippen LogP contribution in [-0.4, -0.2) is 17.7 Å². The lowest BCUT2D eigenvalue weighted by molar-refractivity contribution is -0.137. The molecule has 5 rings (SSSR count). The van der Waals surface area contributed by atoms with Gasteiger partial charge in [0.2, 0.25) is 0 Å². The topological polar surface area (TPSA) is 71.7 Å². The van der Waals surface area contributed by atoms with Gasteiger partial charge in [0, 0.05) is 17.5 Å². The first-order valence-corrected chi connectivity index (χ1v) is 12.2. The van der Waals surface area contributed by atoms with Gasteiger partial charge in [0.05, 0.1) is 18.2 Å². The minimum absolute atomic E-state index is 0.0411. The van der Waals surface area contributed by atoms with Gasteiger partial charge in [0.25, 0.3) is 0 Å². The first-order valence-electron chi connectivity index (χ1n) is 12.2. The number of furan rings is 1. The summed E-state index contributed by atoms with van der Waals surface area (Å²) in [4.78, 5) is 10.8. The van der Waals surface area contributed by atoms with Crippen LogP contribution in [0.1, 0.15) is 30.0 Å². The third kappa shape index (κ3) is 5.83. The molecule has 0 aliphatic heterocycles. The summed E-state index contributed by atoms with van der Waals surface area (Å²) in [6.45, 7) is 0.284. The Morgan fingerprint density at radius 2 is 1.53 bits per heavy atom. The fraction of sp³-hybridized carbons (Fsp3) is 0.129. The van der Waals surface area contributed by atoms with Crippen LogP contribution in [-0.2, 0) is 4.79 Å². The van der Waals surface area contributed by atoms with Crippen molar-refractivity contribution in [1.82, 2.24) is 0 Å². The number of hydrogen-bond donors (Lipinski definition) is 2. The Labute approximate surface area is 218 Å². The summed E-state index contributed by atoms with van der Waals surface area (Å²) < 4.78 is 39.1. The molecular weight excluding hydrogens is 488 g/mol. The Morgan fingerprint density at radius 3 is 2.18 bits per heavy atom. The van der Waals surface area contributed by atoms with Gasteiger partial charge < -0.3 is 19.6 Å². The predicted octanol–water partition coefficient (Wildman–Crippen LogP) is 7.82. The lowest BCUT2D eigenvalue weighted by Gasteiger charge is -2.21. The molecule has 0 bridgehead atoms. The molecule has 5 nitrogen and oxygen atoms in total. The second-order valence-electron chi connectivity index (χ2n) is 8.89. The molecule has 0 saturated carbocycles. The van der Waals surface area contributed by atoms with E-state index < -0.39 is 5.97 Å². The van der Waals surface area contributed by atoms with Gasteiger partial charge in [-0.1, -0.05) is 36.4 Å². The van der Waals surface area contributed by atoms with Crippen LogP contribution in [0.5, 0.6) is 5.75 Å². The molecule has 0 unspecified atom stereocenters. The number of nitrogens with one attached hydrogen (secondary N) is 1. The van der Waals surface area contributed by atoms with Crippen molar-refractivity contribution in [3.05, 3.63) is 120 Å². The van der Waals surface area contributed by atoms with E-state index in [9.17, 15) is 13.6 Å². The monoisotopic (exact) mass is 513 g/mol. The number of ether oxygens (including phenoxy) is 1. The number of fused-ring (bicyclic) bond motifs is 1. The fourth-order valence-electron chi connectivity index (χ4n) is 4.30. The number of benzene rings is 4. The average Bonchev–Trinajstić information content (AvgIpc) is 3.34. The molecule has 5 aromatic rings. The molecule has 0 fully saturated rings. The molecule has 0 atom stereocenters. The number of para-hydroxylation sites is 1. The second-order valence-corrected chi connectivity index (χ2v) is 8.89. The first-order chi connectivity index (χ1) is 18.5. The molecule has 0 aliphatic carbocycles. The Bertz CT molecular complexity index is 1500. The zero-order chi connectivity index (χ0) is 26.5. The van der Waals surface area contributed by atoms with Crippen molar-refractivity contribution in [2.75, 3.05) is 11.9 Å². The predicted molar refractivity (Wildman–Crippen MR) is 142 cm³/mol. The maximum absolute atomic E-state index is 13.6. The summed E-state index contributed by atoms with van der Waals surface area (Å²) in [6.07, 6.45) is 0.446. The van der Waals surface area contributed by atoms with Gasteiger partial charge in [-0.25, -0.2) is 8.78 Å². The quantitative estimate of drug-likeness (QED) is 0.186. The number of hydrogen-bond acceptors (Lipinski definition) is 4. The summed E-state index contributed by atoms with van der Waals surface area (Å²) in [5, 5.41) is 13.2. The summed E-state index contributed by atoms with van der Waals surface area (Å²) in [6, 6.07) is 27.2. The summed E-state index contributed by atoms with van der Waals surface area (Å²) in [5.74, 6) is -0.276. The van der Waals surface area contributed by atoms with Crippen LogP contribution in [0.25, 0.3) is 22.3 Å². The van der Waals surface area contributed by atoms with Gasteiger partial charge in [-0.15, -0.1) is 0 Å². The van der Waals surface area contributed by atoms with Crippen LogP contribution in [0.15, 0.2) is 101 Å². The molecular formula is C31H25F2NO4. The Kier molecular flexibility index (Phi) is 7.35. The van der Waals surface area contributed by atoms with Crippen molar-refractivity contribution in [3.8, 4) is 17.1 Å². The van der Waals surface area contributed by atoms with Crippen LogP contribution < -0.4 is 10.1 Å². The van der Waals surface area contributed by atoms with Gasteiger partial charge in [-0.2, -0.15) is 0 Å². The van der Waals surface area contributed by atoms with Crippen LogP contribution >= 0.6 is 0 Å². The summed E-state index contributed by atoms with van der Waals surface area (Å²) in [5.41, 5.74) is 3.93. The van der Waals surface area contributed by atoms with E-state index in [2.05, 4.69) is 5.32 Å². The zero-order valence-corrected chi connectivity index (χ0v) is 20.4. The Balaban J connectivity index is 1.42. The van der Waals surface area contributed by atoms with Gasteiger partial charge in [0.15, 0.2) is 0 Å². The summed E-state index contributed by atoms with van der Waals surface area (Å²) >= 11 is 0. The van der Waals surface area contributed by atoms with E-state index in [0.29, 0.717) is 23.5 Å². The van der Waals surface area contributed by atoms with Crippen LogP contribution in [0.2, 0.25) is 0 Å². The zero-order valence-electron chi connectivity index (χ0n) is 20.4. The maximum Gasteiger partial charge on any atom is 0.303 e. The fourth-order valence-corrected chi connectivity index (χ4v) is 4.30. The van der Waals surface area contributed by atoms with Crippen molar-refractivity contribution in [2.45, 2.75) is 18.9 Å². The van der Waals surface area contributed by atoms with E-state index in [1.54, 1.807) is 24.3 Å². The molecule has 2 N–H and O–H groups in total. The minimum atomic E-state index is -0.857. The number of carbonyl (C=O) groups is 1. The molecule has 1 aromatic heterocycles. The smallest absolute Gasteiger partial charge is 0.303 e. The van der Waals surface area contributed by atoms with E-state index in [4.69, 9.17) is 14.3 Å². The second kappa shape index (κ2) is 11.2. The van der Waals surface area contributed by atoms with E-state index in [1.807, 2.05) is 48.5 Å². The van der Waals surface area contributed by atoms with Crippen LogP contribution in [0, 0.1) is 11.6 Å². The molecule has 0 spiro atoms. The number of rotatable bonds is 10. The van der Waals surface area contributed by atoms with E-state index in [1.165, 1.54) is 24.3 Å². The highest BCUT2D eigenvalue weighted by Crippen LogP contribution is 2.36. The molecule has 0 amide bonds. The van der Waals surface area contributed by atoms with Crippen molar-refractivity contribution >= 4 is 22.6 Å². The molecule has 0 saturated heterocycles. The lowest BCUT2D eigenvalue weighted by Crippen LogP contribution is -2.12. The average molecular weight is 514 g/mol. The molecule has 192 valence electrons. The highest BCUT2D eigenvalue weighted by Gasteiger charge is 2.17. The normalized spacial score (nSPS) is 11.1. The summed E-state index contributed by atoms with van der Waals surface area (Å²) in [7, 11) is 0.